The number of imide groups is 1. The standard InChI is InChI=1S/C23H31N3O4/c1-16(2)30-20-11-6-5-10-19(20)24-13-14-25-21(27)12-7-15-26-22(28)17-8-3-4-9-18(17)23(26)29/h3-6,10-11,16-18,24H,7-9,12-15H2,1-2H3,(H,25,27). The van der Waals surface area contributed by atoms with E-state index in [2.05, 4.69) is 10.6 Å². The highest BCUT2D eigenvalue weighted by Gasteiger charge is 2.46. The molecule has 3 amide bonds. The molecule has 0 saturated carbocycles. The molecule has 2 aliphatic rings. The second-order valence-electron chi connectivity index (χ2n) is 8.03. The number of ether oxygens (including phenoxy) is 1. The normalized spacial score (nSPS) is 20.4. The van der Waals surface area contributed by atoms with Gasteiger partial charge in [-0.2, -0.15) is 0 Å². The van der Waals surface area contributed by atoms with Gasteiger partial charge in [0, 0.05) is 26.1 Å². The SMILES string of the molecule is CC(C)Oc1ccccc1NCCNC(=O)CCCN1C(=O)C2CC=CCC2C1=O. The lowest BCUT2D eigenvalue weighted by Crippen LogP contribution is -2.33. The van der Waals surface area contributed by atoms with Crippen LogP contribution < -0.4 is 15.4 Å². The number of anilines is 1. The summed E-state index contributed by atoms with van der Waals surface area (Å²) in [4.78, 5) is 38.3. The molecule has 1 aromatic carbocycles. The van der Waals surface area contributed by atoms with Crippen molar-refractivity contribution in [2.45, 2.75) is 45.6 Å². The number of nitrogens with one attached hydrogen (secondary N) is 2. The van der Waals surface area contributed by atoms with Crippen LogP contribution >= 0.6 is 0 Å². The second-order valence-corrected chi connectivity index (χ2v) is 8.03. The van der Waals surface area contributed by atoms with Gasteiger partial charge in [0.05, 0.1) is 23.6 Å². The average molecular weight is 414 g/mol. The van der Waals surface area contributed by atoms with E-state index in [0.29, 0.717) is 38.9 Å². The molecule has 1 aromatic rings. The minimum absolute atomic E-state index is 0.0818. The molecular formula is C23H31N3O4. The summed E-state index contributed by atoms with van der Waals surface area (Å²) < 4.78 is 5.76. The average Bonchev–Trinajstić information content (AvgIpc) is 2.97. The number of fused-ring (bicyclic) bond motifs is 1. The van der Waals surface area contributed by atoms with Crippen LogP contribution in [0.15, 0.2) is 36.4 Å². The number of rotatable bonds is 10. The third kappa shape index (κ3) is 5.40. The number of allylic oxidation sites excluding steroid dienone is 2. The van der Waals surface area contributed by atoms with Crippen molar-refractivity contribution in [3.63, 3.8) is 0 Å². The maximum atomic E-state index is 12.4. The molecule has 7 nitrogen and oxygen atoms in total. The van der Waals surface area contributed by atoms with Crippen molar-refractivity contribution in [2.75, 3.05) is 25.0 Å². The minimum atomic E-state index is -0.204. The van der Waals surface area contributed by atoms with Crippen LogP contribution in [0.5, 0.6) is 5.75 Å². The van der Waals surface area contributed by atoms with Gasteiger partial charge in [0.25, 0.3) is 0 Å². The Morgan fingerprint density at radius 2 is 1.77 bits per heavy atom. The molecule has 2 N–H and O–H groups in total. The summed E-state index contributed by atoms with van der Waals surface area (Å²) in [5.74, 6) is 0.133. The molecule has 1 fully saturated rings. The van der Waals surface area contributed by atoms with Gasteiger partial charge in [-0.25, -0.2) is 0 Å². The Kier molecular flexibility index (Phi) is 7.49. The number of amides is 3. The Balaban J connectivity index is 1.34. The third-order valence-electron chi connectivity index (χ3n) is 5.40. The van der Waals surface area contributed by atoms with Crippen molar-refractivity contribution in [3.05, 3.63) is 36.4 Å². The largest absolute Gasteiger partial charge is 0.489 e. The lowest BCUT2D eigenvalue weighted by Gasteiger charge is -2.16. The molecule has 30 heavy (non-hydrogen) atoms. The van der Waals surface area contributed by atoms with Crippen molar-refractivity contribution >= 4 is 23.4 Å². The van der Waals surface area contributed by atoms with Gasteiger partial charge in [-0.1, -0.05) is 24.3 Å². The first-order chi connectivity index (χ1) is 14.5. The van der Waals surface area contributed by atoms with Gasteiger partial charge in [-0.15, -0.1) is 0 Å². The number of carbonyl (C=O) groups excluding carboxylic acids is 3. The van der Waals surface area contributed by atoms with Crippen molar-refractivity contribution < 1.29 is 19.1 Å². The van der Waals surface area contributed by atoms with E-state index >= 15 is 0 Å². The fraction of sp³-hybridized carbons (Fsp3) is 0.522. The van der Waals surface area contributed by atoms with Gasteiger partial charge in [0.2, 0.25) is 17.7 Å². The number of para-hydroxylation sites is 2. The maximum Gasteiger partial charge on any atom is 0.233 e. The summed E-state index contributed by atoms with van der Waals surface area (Å²) in [6.07, 6.45) is 6.10. The summed E-state index contributed by atoms with van der Waals surface area (Å²) >= 11 is 0. The molecule has 162 valence electrons. The van der Waals surface area contributed by atoms with Gasteiger partial charge >= 0.3 is 0 Å². The quantitative estimate of drug-likeness (QED) is 0.350. The van der Waals surface area contributed by atoms with E-state index in [1.54, 1.807) is 0 Å². The zero-order chi connectivity index (χ0) is 21.5. The monoisotopic (exact) mass is 413 g/mol. The third-order valence-corrected chi connectivity index (χ3v) is 5.40. The molecule has 1 aliphatic heterocycles. The predicted octanol–water partition coefficient (Wildman–Crippen LogP) is 2.73. The van der Waals surface area contributed by atoms with E-state index in [0.717, 1.165) is 11.4 Å². The summed E-state index contributed by atoms with van der Waals surface area (Å²) in [6.45, 7) is 5.32. The Labute approximate surface area is 177 Å². The second kappa shape index (κ2) is 10.3. The van der Waals surface area contributed by atoms with Crippen LogP contribution in [-0.2, 0) is 14.4 Å². The molecule has 0 spiro atoms. The van der Waals surface area contributed by atoms with Gasteiger partial charge in [0.15, 0.2) is 0 Å². The summed E-state index contributed by atoms with van der Waals surface area (Å²) in [5, 5.41) is 6.14. The first-order valence-corrected chi connectivity index (χ1v) is 10.7. The van der Waals surface area contributed by atoms with Gasteiger partial charge in [-0.3, -0.25) is 19.3 Å². The minimum Gasteiger partial charge on any atom is -0.489 e. The van der Waals surface area contributed by atoms with Crippen LogP contribution in [0.3, 0.4) is 0 Å². The van der Waals surface area contributed by atoms with Gasteiger partial charge in [0.1, 0.15) is 5.75 Å². The molecule has 1 saturated heterocycles. The molecule has 2 unspecified atom stereocenters. The van der Waals surface area contributed by atoms with Crippen molar-refractivity contribution in [2.24, 2.45) is 11.8 Å². The van der Waals surface area contributed by atoms with Crippen LogP contribution in [0.25, 0.3) is 0 Å². The van der Waals surface area contributed by atoms with Gasteiger partial charge in [-0.05, 0) is 45.2 Å². The first kappa shape index (κ1) is 21.9. The zero-order valence-corrected chi connectivity index (χ0v) is 17.7. The number of carbonyl (C=O) groups is 3. The Morgan fingerprint density at radius 1 is 1.10 bits per heavy atom. The number of hydrogen-bond acceptors (Lipinski definition) is 5. The van der Waals surface area contributed by atoms with Crippen molar-refractivity contribution in [3.8, 4) is 5.75 Å². The van der Waals surface area contributed by atoms with E-state index in [-0.39, 0.29) is 42.1 Å². The number of nitrogens with zero attached hydrogens (tertiary/aromatic N) is 1. The van der Waals surface area contributed by atoms with Crippen LogP contribution in [0, 0.1) is 11.8 Å². The Morgan fingerprint density at radius 3 is 2.43 bits per heavy atom. The van der Waals surface area contributed by atoms with Crippen LogP contribution in [0.4, 0.5) is 5.69 Å². The molecule has 2 atom stereocenters. The van der Waals surface area contributed by atoms with Crippen molar-refractivity contribution in [1.82, 2.24) is 10.2 Å². The molecular weight excluding hydrogens is 382 g/mol. The summed E-state index contributed by atoms with van der Waals surface area (Å²) in [7, 11) is 0. The highest BCUT2D eigenvalue weighted by atomic mass is 16.5. The smallest absolute Gasteiger partial charge is 0.233 e. The lowest BCUT2D eigenvalue weighted by molar-refractivity contribution is -0.140. The molecule has 0 aromatic heterocycles. The predicted molar refractivity (Wildman–Crippen MR) is 115 cm³/mol. The number of likely N-dealkylation sites (tertiary alicyclic amines) is 1. The van der Waals surface area contributed by atoms with Gasteiger partial charge < -0.3 is 15.4 Å². The van der Waals surface area contributed by atoms with E-state index in [4.69, 9.17) is 4.74 Å². The molecule has 1 aliphatic carbocycles. The summed E-state index contributed by atoms with van der Waals surface area (Å²) in [5.41, 5.74) is 0.891. The fourth-order valence-electron chi connectivity index (χ4n) is 3.94. The van der Waals surface area contributed by atoms with Crippen molar-refractivity contribution in [1.29, 1.82) is 0 Å². The van der Waals surface area contributed by atoms with E-state index in [1.165, 1.54) is 4.90 Å². The van der Waals surface area contributed by atoms with E-state index < -0.39 is 0 Å². The molecule has 3 rings (SSSR count). The first-order valence-electron chi connectivity index (χ1n) is 10.7. The highest BCUT2D eigenvalue weighted by molar-refractivity contribution is 6.05. The molecule has 7 heteroatoms. The molecule has 0 radical (unpaired) electrons. The summed E-state index contributed by atoms with van der Waals surface area (Å²) in [6, 6.07) is 7.71. The maximum absolute atomic E-state index is 12.4. The van der Waals surface area contributed by atoms with E-state index in [9.17, 15) is 14.4 Å². The number of benzene rings is 1. The number of hydrogen-bond donors (Lipinski definition) is 2. The Bertz CT molecular complexity index is 779. The van der Waals surface area contributed by atoms with Crippen LogP contribution in [0.2, 0.25) is 0 Å². The molecule has 1 heterocycles. The van der Waals surface area contributed by atoms with E-state index in [1.807, 2.05) is 50.3 Å². The topological polar surface area (TPSA) is 87.7 Å². The van der Waals surface area contributed by atoms with Crippen LogP contribution in [0.1, 0.15) is 39.5 Å². The van der Waals surface area contributed by atoms with Crippen LogP contribution in [-0.4, -0.2) is 48.4 Å². The Hall–Kier alpha value is -2.83. The molecule has 0 bridgehead atoms. The lowest BCUT2D eigenvalue weighted by atomic mass is 9.85. The highest BCUT2D eigenvalue weighted by Crippen LogP contribution is 2.35. The zero-order valence-electron chi connectivity index (χ0n) is 17.7. The fourth-order valence-corrected chi connectivity index (χ4v) is 3.94.